The number of fused-ring (bicyclic) bond motifs is 1. The van der Waals surface area contributed by atoms with E-state index < -0.39 is 10.9 Å². The molecule has 2 aromatic carbocycles. The molecule has 4 aromatic rings. The Morgan fingerprint density at radius 2 is 1.89 bits per heavy atom. The molecule has 1 saturated carbocycles. The quantitative estimate of drug-likeness (QED) is 0.139. The van der Waals surface area contributed by atoms with Crippen LogP contribution in [0.15, 0.2) is 60.8 Å². The van der Waals surface area contributed by atoms with Crippen molar-refractivity contribution in [2.24, 2.45) is 0 Å². The highest BCUT2D eigenvalue weighted by atomic mass is 16.6. The highest BCUT2D eigenvalue weighted by molar-refractivity contribution is 5.92. The van der Waals surface area contributed by atoms with E-state index in [2.05, 4.69) is 15.8 Å². The molecule has 1 aliphatic carbocycles. The lowest BCUT2D eigenvalue weighted by atomic mass is 9.95. The molecule has 0 saturated heterocycles. The molecule has 9 nitrogen and oxygen atoms in total. The number of non-ortho nitro benzene ring substituents is 1. The van der Waals surface area contributed by atoms with Crippen LogP contribution in [0, 0.1) is 17.0 Å². The number of esters is 1. The number of carbonyl (C=O) groups is 1. The molecule has 1 aliphatic rings. The summed E-state index contributed by atoms with van der Waals surface area (Å²) in [4.78, 5) is 28.1. The van der Waals surface area contributed by atoms with E-state index in [1.54, 1.807) is 12.1 Å². The lowest BCUT2D eigenvalue weighted by Crippen LogP contribution is -2.23. The van der Waals surface area contributed by atoms with E-state index in [0.717, 1.165) is 41.1 Å². The molecule has 2 aromatic heterocycles. The van der Waals surface area contributed by atoms with E-state index in [4.69, 9.17) is 14.5 Å². The minimum Gasteiger partial charge on any atom is -0.493 e. The van der Waals surface area contributed by atoms with Gasteiger partial charge < -0.3 is 14.8 Å². The van der Waals surface area contributed by atoms with Crippen LogP contribution in [0.4, 0.5) is 11.5 Å². The maximum atomic E-state index is 12.7. The third kappa shape index (κ3) is 5.11. The van der Waals surface area contributed by atoms with Gasteiger partial charge in [0.25, 0.3) is 5.69 Å². The number of rotatable bonds is 7. The summed E-state index contributed by atoms with van der Waals surface area (Å²) in [6, 6.07) is 15.2. The van der Waals surface area contributed by atoms with Crippen LogP contribution in [-0.2, 0) is 0 Å². The van der Waals surface area contributed by atoms with Crippen LogP contribution in [0.2, 0.25) is 0 Å². The molecule has 190 valence electrons. The third-order valence-corrected chi connectivity index (χ3v) is 6.66. The number of carbonyl (C=O) groups excluding carboxylic acids is 1. The zero-order chi connectivity index (χ0) is 25.9. The van der Waals surface area contributed by atoms with Crippen LogP contribution in [0.1, 0.15) is 48.0 Å². The van der Waals surface area contributed by atoms with Crippen LogP contribution < -0.4 is 14.8 Å². The van der Waals surface area contributed by atoms with Gasteiger partial charge in [-0.05, 0) is 61.7 Å². The van der Waals surface area contributed by atoms with E-state index in [-0.39, 0.29) is 17.0 Å². The number of nitrogens with one attached hydrogen (secondary N) is 1. The number of anilines is 1. The average Bonchev–Trinajstić information content (AvgIpc) is 3.26. The summed E-state index contributed by atoms with van der Waals surface area (Å²) in [6.07, 6.45) is 7.95. The van der Waals surface area contributed by atoms with Crippen LogP contribution in [0.25, 0.3) is 16.9 Å². The maximum absolute atomic E-state index is 12.7. The molecule has 0 spiro atoms. The standard InChI is InChI=1S/C28H28N4O5/c1-18-13-14-31-25(15-18)30-26(27(31)29-21-8-4-3-5-9-21)19-11-12-23(24(17-19)36-2)37-28(33)20-7-6-10-22(16-20)32(34)35/h6-7,10-17,21,29H,3-5,8-9H2,1-2H3. The minimum atomic E-state index is -0.711. The van der Waals surface area contributed by atoms with Crippen molar-refractivity contribution in [2.75, 3.05) is 12.4 Å². The zero-order valence-electron chi connectivity index (χ0n) is 20.8. The molecular weight excluding hydrogens is 472 g/mol. The molecule has 0 unspecified atom stereocenters. The Morgan fingerprint density at radius 3 is 2.65 bits per heavy atom. The number of methoxy groups -OCH3 is 1. The molecule has 1 fully saturated rings. The Kier molecular flexibility index (Phi) is 6.76. The highest BCUT2D eigenvalue weighted by Crippen LogP contribution is 2.37. The highest BCUT2D eigenvalue weighted by Gasteiger charge is 2.22. The van der Waals surface area contributed by atoms with Gasteiger partial charge in [0.05, 0.1) is 17.6 Å². The SMILES string of the molecule is COc1cc(-c2nc3cc(C)ccn3c2NC2CCCCC2)ccc1OC(=O)c1cccc([N+](=O)[O-])c1. The summed E-state index contributed by atoms with van der Waals surface area (Å²) in [7, 11) is 1.50. The molecule has 0 radical (unpaired) electrons. The van der Waals surface area contributed by atoms with Gasteiger partial charge in [-0.1, -0.05) is 25.3 Å². The first kappa shape index (κ1) is 24.3. The molecule has 0 amide bonds. The Bertz CT molecular complexity index is 1470. The first-order valence-corrected chi connectivity index (χ1v) is 12.3. The number of pyridine rings is 1. The van der Waals surface area contributed by atoms with Crippen molar-refractivity contribution in [1.82, 2.24) is 9.38 Å². The van der Waals surface area contributed by atoms with E-state index >= 15 is 0 Å². The largest absolute Gasteiger partial charge is 0.493 e. The van der Waals surface area contributed by atoms with Gasteiger partial charge in [-0.2, -0.15) is 0 Å². The summed E-state index contributed by atoms with van der Waals surface area (Å²) in [6.45, 7) is 2.04. The second-order valence-electron chi connectivity index (χ2n) is 9.28. The lowest BCUT2D eigenvalue weighted by Gasteiger charge is -2.24. The smallest absolute Gasteiger partial charge is 0.343 e. The van der Waals surface area contributed by atoms with Gasteiger partial charge in [-0.3, -0.25) is 14.5 Å². The molecule has 0 aliphatic heterocycles. The van der Waals surface area contributed by atoms with Gasteiger partial charge in [-0.15, -0.1) is 0 Å². The van der Waals surface area contributed by atoms with Crippen molar-refractivity contribution in [1.29, 1.82) is 0 Å². The fourth-order valence-electron chi connectivity index (χ4n) is 4.73. The predicted molar refractivity (Wildman–Crippen MR) is 140 cm³/mol. The summed E-state index contributed by atoms with van der Waals surface area (Å²) >= 11 is 0. The summed E-state index contributed by atoms with van der Waals surface area (Å²) in [5.74, 6) is 0.778. The number of aromatic nitrogens is 2. The lowest BCUT2D eigenvalue weighted by molar-refractivity contribution is -0.384. The number of benzene rings is 2. The average molecular weight is 501 g/mol. The Balaban J connectivity index is 1.48. The topological polar surface area (TPSA) is 108 Å². The molecule has 0 bridgehead atoms. The summed E-state index contributed by atoms with van der Waals surface area (Å²) in [5.41, 5.74) is 3.45. The number of nitrogens with zero attached hydrogens (tertiary/aromatic N) is 3. The van der Waals surface area contributed by atoms with Crippen LogP contribution in [0.3, 0.4) is 0 Å². The Labute approximate surface area is 214 Å². The molecule has 2 heterocycles. The van der Waals surface area contributed by atoms with Crippen LogP contribution in [0.5, 0.6) is 11.5 Å². The normalized spacial score (nSPS) is 13.9. The number of nitro groups is 1. The summed E-state index contributed by atoms with van der Waals surface area (Å²) < 4.78 is 13.2. The maximum Gasteiger partial charge on any atom is 0.343 e. The van der Waals surface area contributed by atoms with E-state index in [0.29, 0.717) is 11.8 Å². The molecule has 1 N–H and O–H groups in total. The third-order valence-electron chi connectivity index (χ3n) is 6.66. The first-order valence-electron chi connectivity index (χ1n) is 12.3. The Morgan fingerprint density at radius 1 is 1.08 bits per heavy atom. The van der Waals surface area contributed by atoms with Gasteiger partial charge in [0.15, 0.2) is 11.5 Å². The monoisotopic (exact) mass is 500 g/mol. The number of imidazole rings is 1. The number of ether oxygens (including phenoxy) is 2. The molecule has 37 heavy (non-hydrogen) atoms. The van der Waals surface area contributed by atoms with Gasteiger partial charge >= 0.3 is 5.97 Å². The molecular formula is C28H28N4O5. The van der Waals surface area contributed by atoms with Gasteiger partial charge in [0, 0.05) is 29.9 Å². The van der Waals surface area contributed by atoms with Gasteiger partial charge in [-0.25, -0.2) is 9.78 Å². The van der Waals surface area contributed by atoms with Crippen LogP contribution in [-0.4, -0.2) is 33.4 Å². The van der Waals surface area contributed by atoms with Crippen molar-refractivity contribution < 1.29 is 19.2 Å². The van der Waals surface area contributed by atoms with Crippen molar-refractivity contribution in [3.8, 4) is 22.8 Å². The number of nitro benzene ring substituents is 1. The van der Waals surface area contributed by atoms with E-state index in [1.807, 2.05) is 25.3 Å². The number of hydrogen-bond donors (Lipinski definition) is 1. The second kappa shape index (κ2) is 10.3. The Hall–Kier alpha value is -4.40. The molecule has 9 heteroatoms. The molecule has 5 rings (SSSR count). The van der Waals surface area contributed by atoms with Crippen LogP contribution >= 0.6 is 0 Å². The summed E-state index contributed by atoms with van der Waals surface area (Å²) in [5, 5.41) is 14.8. The van der Waals surface area contributed by atoms with Crippen molar-refractivity contribution in [3.05, 3.63) is 82.0 Å². The van der Waals surface area contributed by atoms with E-state index in [9.17, 15) is 14.9 Å². The first-order chi connectivity index (χ1) is 17.9. The van der Waals surface area contributed by atoms with Gasteiger partial charge in [0.1, 0.15) is 17.2 Å². The fourth-order valence-corrected chi connectivity index (χ4v) is 4.73. The fraction of sp³-hybridized carbons (Fsp3) is 0.286. The number of hydrogen-bond acceptors (Lipinski definition) is 7. The van der Waals surface area contributed by atoms with Crippen molar-refractivity contribution in [3.63, 3.8) is 0 Å². The van der Waals surface area contributed by atoms with E-state index in [1.165, 1.54) is 50.6 Å². The van der Waals surface area contributed by atoms with Gasteiger partial charge in [0.2, 0.25) is 0 Å². The zero-order valence-corrected chi connectivity index (χ0v) is 20.8. The number of aryl methyl sites for hydroxylation is 1. The molecule has 0 atom stereocenters. The predicted octanol–water partition coefficient (Wildman–Crippen LogP) is 6.19. The van der Waals surface area contributed by atoms with Crippen molar-refractivity contribution >= 4 is 23.1 Å². The van der Waals surface area contributed by atoms with Crippen molar-refractivity contribution in [2.45, 2.75) is 45.1 Å². The second-order valence-corrected chi connectivity index (χ2v) is 9.28. The minimum absolute atomic E-state index is 0.0787.